The summed E-state index contributed by atoms with van der Waals surface area (Å²) in [6.45, 7) is 8.19. The van der Waals surface area contributed by atoms with E-state index in [9.17, 15) is 0 Å². The molecule has 2 bridgehead atoms. The average molecular weight is 204 g/mol. The van der Waals surface area contributed by atoms with Crippen molar-refractivity contribution < 1.29 is 0 Å². The third-order valence-corrected chi connectivity index (χ3v) is 4.81. The van der Waals surface area contributed by atoms with Gasteiger partial charge in [-0.25, -0.2) is 0 Å². The van der Waals surface area contributed by atoms with Gasteiger partial charge < -0.3 is 5.73 Å². The molecule has 0 saturated heterocycles. The predicted molar refractivity (Wildman–Crippen MR) is 59.0 cm³/mol. The fraction of sp³-hybridized carbons (Fsp3) is 1.00. The van der Waals surface area contributed by atoms with Crippen LogP contribution in [-0.2, 0) is 0 Å². The van der Waals surface area contributed by atoms with E-state index in [0.717, 1.165) is 30.2 Å². The zero-order chi connectivity index (χ0) is 8.93. The summed E-state index contributed by atoms with van der Waals surface area (Å²) >= 11 is 0. The van der Waals surface area contributed by atoms with E-state index in [1.54, 1.807) is 0 Å². The Morgan fingerprint density at radius 3 is 2.31 bits per heavy atom. The molecule has 3 aliphatic rings. The van der Waals surface area contributed by atoms with Crippen LogP contribution in [0.25, 0.3) is 0 Å². The number of hydrogen-bond acceptors (Lipinski definition) is 1. The number of hydrogen-bond donors (Lipinski definition) is 1. The molecule has 1 nitrogen and oxygen atoms in total. The highest BCUT2D eigenvalue weighted by molar-refractivity contribution is 5.85. The molecule has 3 fully saturated rings. The average Bonchev–Trinajstić information content (AvgIpc) is 2.03. The van der Waals surface area contributed by atoms with Crippen LogP contribution >= 0.6 is 12.4 Å². The standard InChI is InChI=1S/C11H21N.ClH/c1-7-8(6-12)4-9-5-10(7)11(9,2)3;/h7-10H,4-6,12H2,1-3H3;1H/t7-,8-,9+,10+;/m0./s1. The van der Waals surface area contributed by atoms with E-state index >= 15 is 0 Å². The fourth-order valence-electron chi connectivity index (χ4n) is 3.57. The Balaban J connectivity index is 0.000000845. The third-order valence-electron chi connectivity index (χ3n) is 4.81. The second kappa shape index (κ2) is 3.43. The van der Waals surface area contributed by atoms with Gasteiger partial charge in [-0.3, -0.25) is 0 Å². The van der Waals surface area contributed by atoms with E-state index in [2.05, 4.69) is 20.8 Å². The number of halogens is 1. The molecule has 0 amide bonds. The molecule has 3 saturated carbocycles. The topological polar surface area (TPSA) is 26.0 Å². The van der Waals surface area contributed by atoms with Crippen molar-refractivity contribution in [3.63, 3.8) is 0 Å². The quantitative estimate of drug-likeness (QED) is 0.697. The SMILES string of the molecule is C[C@H]1[C@H](CN)C[C@@H]2C[C@H]1C2(C)C.Cl. The highest BCUT2D eigenvalue weighted by Gasteiger charge is 2.55. The van der Waals surface area contributed by atoms with Gasteiger partial charge in [-0.2, -0.15) is 0 Å². The molecule has 0 unspecified atom stereocenters. The molecule has 0 aromatic heterocycles. The molecule has 4 atom stereocenters. The Bertz CT molecular complexity index is 191. The lowest BCUT2D eigenvalue weighted by atomic mass is 9.43. The van der Waals surface area contributed by atoms with Crippen LogP contribution in [0.5, 0.6) is 0 Å². The van der Waals surface area contributed by atoms with Crippen LogP contribution in [0.3, 0.4) is 0 Å². The smallest absolute Gasteiger partial charge is 0.00461 e. The summed E-state index contributed by atoms with van der Waals surface area (Å²) < 4.78 is 0. The summed E-state index contributed by atoms with van der Waals surface area (Å²) in [6.07, 6.45) is 2.87. The highest BCUT2D eigenvalue weighted by atomic mass is 35.5. The number of rotatable bonds is 1. The van der Waals surface area contributed by atoms with Crippen molar-refractivity contribution in [2.24, 2.45) is 34.8 Å². The summed E-state index contributed by atoms with van der Waals surface area (Å²) in [5, 5.41) is 0. The van der Waals surface area contributed by atoms with Crippen molar-refractivity contribution in [3.05, 3.63) is 0 Å². The maximum absolute atomic E-state index is 5.77. The summed E-state index contributed by atoms with van der Waals surface area (Å²) in [5.41, 5.74) is 6.40. The first kappa shape index (κ1) is 11.3. The van der Waals surface area contributed by atoms with Crippen molar-refractivity contribution in [2.75, 3.05) is 6.54 Å². The lowest BCUT2D eigenvalue weighted by Gasteiger charge is -2.62. The monoisotopic (exact) mass is 203 g/mol. The maximum atomic E-state index is 5.77. The van der Waals surface area contributed by atoms with Gasteiger partial charge in [-0.1, -0.05) is 20.8 Å². The second-order valence-electron chi connectivity index (χ2n) is 5.45. The molecule has 0 heterocycles. The lowest BCUT2D eigenvalue weighted by Crippen LogP contribution is -2.56. The van der Waals surface area contributed by atoms with Crippen LogP contribution in [-0.4, -0.2) is 6.54 Å². The second-order valence-corrected chi connectivity index (χ2v) is 5.45. The highest BCUT2D eigenvalue weighted by Crippen LogP contribution is 2.62. The van der Waals surface area contributed by atoms with Gasteiger partial charge in [-0.15, -0.1) is 12.4 Å². The van der Waals surface area contributed by atoms with Crippen LogP contribution in [0.2, 0.25) is 0 Å². The van der Waals surface area contributed by atoms with Gasteiger partial charge in [-0.05, 0) is 48.5 Å². The molecule has 0 aromatic carbocycles. The minimum Gasteiger partial charge on any atom is -0.330 e. The number of fused-ring (bicyclic) bond motifs is 2. The summed E-state index contributed by atoms with van der Waals surface area (Å²) in [7, 11) is 0. The van der Waals surface area contributed by atoms with Crippen molar-refractivity contribution in [3.8, 4) is 0 Å². The predicted octanol–water partition coefficient (Wildman–Crippen LogP) is 2.69. The third kappa shape index (κ3) is 1.41. The van der Waals surface area contributed by atoms with Crippen molar-refractivity contribution >= 4 is 12.4 Å². The number of nitrogens with two attached hydrogens (primary N) is 1. The summed E-state index contributed by atoms with van der Waals surface area (Å²) in [4.78, 5) is 0. The van der Waals surface area contributed by atoms with Gasteiger partial charge in [0.2, 0.25) is 0 Å². The minimum absolute atomic E-state index is 0. The van der Waals surface area contributed by atoms with Gasteiger partial charge in [0.25, 0.3) is 0 Å². The molecule has 78 valence electrons. The molecule has 0 radical (unpaired) electrons. The molecule has 2 N–H and O–H groups in total. The van der Waals surface area contributed by atoms with E-state index in [4.69, 9.17) is 5.73 Å². The van der Waals surface area contributed by atoms with Crippen molar-refractivity contribution in [1.82, 2.24) is 0 Å². The zero-order valence-electron chi connectivity index (χ0n) is 8.92. The summed E-state index contributed by atoms with van der Waals surface area (Å²) in [6, 6.07) is 0. The molecule has 0 aliphatic heterocycles. The molecule has 0 aromatic rings. The Morgan fingerprint density at radius 1 is 1.31 bits per heavy atom. The van der Waals surface area contributed by atoms with Gasteiger partial charge >= 0.3 is 0 Å². The zero-order valence-corrected chi connectivity index (χ0v) is 9.73. The largest absolute Gasteiger partial charge is 0.330 e. The van der Waals surface area contributed by atoms with Gasteiger partial charge in [0, 0.05) is 0 Å². The van der Waals surface area contributed by atoms with Gasteiger partial charge in [0.05, 0.1) is 0 Å². The maximum Gasteiger partial charge on any atom is -0.00461 e. The van der Waals surface area contributed by atoms with Crippen LogP contribution in [0, 0.1) is 29.1 Å². The van der Waals surface area contributed by atoms with Crippen LogP contribution in [0.4, 0.5) is 0 Å². The van der Waals surface area contributed by atoms with E-state index < -0.39 is 0 Å². The molecular formula is C11H22ClN. The molecule has 13 heavy (non-hydrogen) atoms. The molecule has 3 aliphatic carbocycles. The van der Waals surface area contributed by atoms with Crippen LogP contribution in [0.15, 0.2) is 0 Å². The van der Waals surface area contributed by atoms with Gasteiger partial charge in [0.15, 0.2) is 0 Å². The van der Waals surface area contributed by atoms with E-state index in [1.807, 2.05) is 0 Å². The summed E-state index contributed by atoms with van der Waals surface area (Å²) in [5.74, 6) is 3.63. The van der Waals surface area contributed by atoms with E-state index in [-0.39, 0.29) is 12.4 Å². The van der Waals surface area contributed by atoms with Gasteiger partial charge in [0.1, 0.15) is 0 Å². The normalized spacial score (nSPS) is 46.2. The minimum atomic E-state index is 0. The lowest BCUT2D eigenvalue weighted by molar-refractivity contribution is -0.126. The fourth-order valence-corrected chi connectivity index (χ4v) is 3.57. The molecule has 3 rings (SSSR count). The van der Waals surface area contributed by atoms with Crippen molar-refractivity contribution in [2.45, 2.75) is 33.6 Å². The van der Waals surface area contributed by atoms with E-state index in [0.29, 0.717) is 5.41 Å². The van der Waals surface area contributed by atoms with Crippen LogP contribution < -0.4 is 5.73 Å². The Kier molecular flexibility index (Phi) is 2.99. The Labute approximate surface area is 87.9 Å². The Hall–Kier alpha value is 0.250. The Morgan fingerprint density at radius 2 is 1.92 bits per heavy atom. The van der Waals surface area contributed by atoms with E-state index in [1.165, 1.54) is 12.8 Å². The molecule has 0 spiro atoms. The first-order chi connectivity index (χ1) is 5.57. The van der Waals surface area contributed by atoms with Crippen LogP contribution in [0.1, 0.15) is 33.6 Å². The molecular weight excluding hydrogens is 182 g/mol. The molecule has 2 heteroatoms. The van der Waals surface area contributed by atoms with Crippen molar-refractivity contribution in [1.29, 1.82) is 0 Å². The first-order valence-corrected chi connectivity index (χ1v) is 5.27. The first-order valence-electron chi connectivity index (χ1n) is 5.27.